The first-order valence-electron chi connectivity index (χ1n) is 5.40. The molecule has 0 aliphatic carbocycles. The molecule has 0 heterocycles. The van der Waals surface area contributed by atoms with Crippen LogP contribution in [0.4, 0.5) is 18.9 Å². The zero-order valence-electron chi connectivity index (χ0n) is 9.91. The van der Waals surface area contributed by atoms with E-state index in [1.165, 1.54) is 18.2 Å². The van der Waals surface area contributed by atoms with Crippen LogP contribution >= 0.6 is 11.6 Å². The van der Waals surface area contributed by atoms with Crippen molar-refractivity contribution in [3.05, 3.63) is 47.0 Å². The topological polar surface area (TPSA) is 55.5 Å². The molecule has 106 valence electrons. The molecule has 7 heteroatoms. The first-order valence-corrected chi connectivity index (χ1v) is 5.78. The maximum atomic E-state index is 12.5. The molecule has 0 spiro atoms. The summed E-state index contributed by atoms with van der Waals surface area (Å²) in [5, 5.41) is 9.23. The van der Waals surface area contributed by atoms with Crippen molar-refractivity contribution >= 4 is 17.3 Å². The summed E-state index contributed by atoms with van der Waals surface area (Å²) < 4.78 is 42.7. The van der Waals surface area contributed by atoms with Crippen LogP contribution < -0.4 is 10.5 Å². The van der Waals surface area contributed by atoms with Crippen molar-refractivity contribution in [2.24, 2.45) is 0 Å². The Kier molecular flexibility index (Phi) is 3.67. The molecule has 0 aromatic heterocycles. The quantitative estimate of drug-likeness (QED) is 0.637. The van der Waals surface area contributed by atoms with Crippen LogP contribution in [0.1, 0.15) is 5.56 Å². The van der Waals surface area contributed by atoms with Crippen LogP contribution in [0.15, 0.2) is 36.4 Å². The third-order valence-corrected chi connectivity index (χ3v) is 2.78. The maximum absolute atomic E-state index is 12.5. The molecule has 0 aliphatic heterocycles. The van der Waals surface area contributed by atoms with Gasteiger partial charge in [-0.2, -0.15) is 13.2 Å². The number of phenols is 1. The Morgan fingerprint density at radius 3 is 2.35 bits per heavy atom. The lowest BCUT2D eigenvalue weighted by atomic mass is 10.2. The first kappa shape index (κ1) is 14.3. The number of anilines is 1. The summed E-state index contributed by atoms with van der Waals surface area (Å²) in [6, 6.07) is 6.85. The Balaban J connectivity index is 2.28. The van der Waals surface area contributed by atoms with Gasteiger partial charge in [-0.3, -0.25) is 0 Å². The first-order chi connectivity index (χ1) is 9.27. The van der Waals surface area contributed by atoms with E-state index in [-0.39, 0.29) is 28.0 Å². The van der Waals surface area contributed by atoms with Gasteiger partial charge in [0, 0.05) is 6.07 Å². The smallest absolute Gasteiger partial charge is 0.416 e. The number of hydrogen-bond acceptors (Lipinski definition) is 3. The van der Waals surface area contributed by atoms with E-state index in [0.29, 0.717) is 0 Å². The number of alkyl halides is 3. The van der Waals surface area contributed by atoms with Crippen molar-refractivity contribution in [1.82, 2.24) is 0 Å². The van der Waals surface area contributed by atoms with Gasteiger partial charge in [-0.05, 0) is 30.3 Å². The number of rotatable bonds is 2. The van der Waals surface area contributed by atoms with Crippen LogP contribution in [-0.2, 0) is 6.18 Å². The third-order valence-electron chi connectivity index (χ3n) is 2.49. The number of phenolic OH excluding ortho intramolecular Hbond substituents is 1. The molecular weight excluding hydrogens is 295 g/mol. The molecule has 0 amide bonds. The highest BCUT2D eigenvalue weighted by molar-refractivity contribution is 6.32. The molecule has 0 aliphatic rings. The fraction of sp³-hybridized carbons (Fsp3) is 0.0769. The van der Waals surface area contributed by atoms with E-state index in [1.807, 2.05) is 0 Å². The minimum absolute atomic E-state index is 0.0452. The number of aromatic hydroxyl groups is 1. The summed E-state index contributed by atoms with van der Waals surface area (Å²) in [6.45, 7) is 0. The van der Waals surface area contributed by atoms with Gasteiger partial charge < -0.3 is 15.6 Å². The Morgan fingerprint density at radius 2 is 1.80 bits per heavy atom. The van der Waals surface area contributed by atoms with Gasteiger partial charge in [0.15, 0.2) is 0 Å². The molecule has 2 rings (SSSR count). The van der Waals surface area contributed by atoms with Crippen molar-refractivity contribution in [3.63, 3.8) is 0 Å². The average Bonchev–Trinajstić information content (AvgIpc) is 2.35. The fourth-order valence-corrected chi connectivity index (χ4v) is 1.69. The van der Waals surface area contributed by atoms with Gasteiger partial charge in [0.05, 0.1) is 16.3 Å². The second kappa shape index (κ2) is 5.13. The molecule has 0 saturated heterocycles. The minimum Gasteiger partial charge on any atom is -0.506 e. The second-order valence-corrected chi connectivity index (χ2v) is 4.37. The number of nitrogen functional groups attached to an aromatic ring is 1. The zero-order valence-corrected chi connectivity index (χ0v) is 10.7. The highest BCUT2D eigenvalue weighted by atomic mass is 35.5. The van der Waals surface area contributed by atoms with Crippen LogP contribution in [0.3, 0.4) is 0 Å². The van der Waals surface area contributed by atoms with Crippen LogP contribution in [0.2, 0.25) is 5.02 Å². The van der Waals surface area contributed by atoms with Crippen molar-refractivity contribution < 1.29 is 23.0 Å². The van der Waals surface area contributed by atoms with Crippen LogP contribution in [0, 0.1) is 0 Å². The largest absolute Gasteiger partial charge is 0.506 e. The molecule has 0 unspecified atom stereocenters. The average molecular weight is 304 g/mol. The van der Waals surface area contributed by atoms with Crippen molar-refractivity contribution in [2.45, 2.75) is 6.18 Å². The van der Waals surface area contributed by atoms with Crippen molar-refractivity contribution in [3.8, 4) is 17.2 Å². The molecule has 3 nitrogen and oxygen atoms in total. The van der Waals surface area contributed by atoms with E-state index >= 15 is 0 Å². The van der Waals surface area contributed by atoms with E-state index in [4.69, 9.17) is 22.1 Å². The zero-order chi connectivity index (χ0) is 14.9. The predicted molar refractivity (Wildman–Crippen MR) is 69.0 cm³/mol. The number of hydrogen-bond donors (Lipinski definition) is 2. The van der Waals surface area contributed by atoms with Gasteiger partial charge in [0.25, 0.3) is 0 Å². The van der Waals surface area contributed by atoms with E-state index in [1.54, 1.807) is 0 Å². The summed E-state index contributed by atoms with van der Waals surface area (Å²) in [7, 11) is 0. The number of benzene rings is 2. The molecule has 3 N–H and O–H groups in total. The maximum Gasteiger partial charge on any atom is 0.416 e. The number of ether oxygens (including phenoxy) is 1. The van der Waals surface area contributed by atoms with Crippen molar-refractivity contribution in [1.29, 1.82) is 0 Å². The second-order valence-electron chi connectivity index (χ2n) is 3.97. The lowest BCUT2D eigenvalue weighted by Gasteiger charge is -2.11. The normalized spacial score (nSPS) is 11.4. The van der Waals surface area contributed by atoms with Crippen molar-refractivity contribution in [2.75, 3.05) is 5.73 Å². The highest BCUT2D eigenvalue weighted by Gasteiger charge is 2.31. The monoisotopic (exact) mass is 303 g/mol. The van der Waals surface area contributed by atoms with Gasteiger partial charge in [-0.15, -0.1) is 0 Å². The number of nitrogens with two attached hydrogens (primary N) is 1. The molecule has 20 heavy (non-hydrogen) atoms. The van der Waals surface area contributed by atoms with E-state index in [9.17, 15) is 18.3 Å². The third kappa shape index (κ3) is 3.08. The molecule has 0 fully saturated rings. The predicted octanol–water partition coefficient (Wildman–Crippen LogP) is 4.44. The van der Waals surface area contributed by atoms with Gasteiger partial charge in [-0.1, -0.05) is 11.6 Å². The summed E-state index contributed by atoms with van der Waals surface area (Å²) in [5.74, 6) is 0.0627. The molecule has 2 aromatic rings. The van der Waals surface area contributed by atoms with Gasteiger partial charge in [0.2, 0.25) is 0 Å². The number of halogens is 4. The molecule has 2 aromatic carbocycles. The summed E-state index contributed by atoms with van der Waals surface area (Å²) in [5.41, 5.74) is 4.72. The highest BCUT2D eigenvalue weighted by Crippen LogP contribution is 2.37. The van der Waals surface area contributed by atoms with E-state index in [2.05, 4.69) is 0 Å². The molecule has 0 bridgehead atoms. The standard InChI is InChI=1S/C13H9ClF3NO2/c14-9-5-7(13(15,16)17)1-4-12(9)20-8-2-3-10(18)11(19)6-8/h1-6,19H,18H2. The fourth-order valence-electron chi connectivity index (χ4n) is 1.47. The molecule has 0 radical (unpaired) electrons. The molecule has 0 saturated carbocycles. The SMILES string of the molecule is Nc1ccc(Oc2ccc(C(F)(F)F)cc2Cl)cc1O. The summed E-state index contributed by atoms with van der Waals surface area (Å²) in [4.78, 5) is 0. The minimum atomic E-state index is -4.47. The Bertz CT molecular complexity index is 644. The van der Waals surface area contributed by atoms with Gasteiger partial charge in [0.1, 0.15) is 17.2 Å². The van der Waals surface area contributed by atoms with Gasteiger partial charge >= 0.3 is 6.18 Å². The van der Waals surface area contributed by atoms with Crippen LogP contribution in [0.25, 0.3) is 0 Å². The van der Waals surface area contributed by atoms with Crippen LogP contribution in [0.5, 0.6) is 17.2 Å². The van der Waals surface area contributed by atoms with Crippen LogP contribution in [-0.4, -0.2) is 5.11 Å². The lowest BCUT2D eigenvalue weighted by Crippen LogP contribution is -2.04. The van der Waals surface area contributed by atoms with E-state index in [0.717, 1.165) is 18.2 Å². The van der Waals surface area contributed by atoms with E-state index < -0.39 is 11.7 Å². The Hall–Kier alpha value is -2.08. The summed E-state index contributed by atoms with van der Waals surface area (Å²) in [6.07, 6.45) is -4.47. The molecular formula is C13H9ClF3NO2. The Morgan fingerprint density at radius 1 is 1.10 bits per heavy atom. The summed E-state index contributed by atoms with van der Waals surface area (Å²) >= 11 is 5.74. The molecule has 0 atom stereocenters. The van der Waals surface area contributed by atoms with Gasteiger partial charge in [-0.25, -0.2) is 0 Å². The lowest BCUT2D eigenvalue weighted by molar-refractivity contribution is -0.137. The Labute approximate surface area is 117 Å².